The summed E-state index contributed by atoms with van der Waals surface area (Å²) < 4.78 is 44.0. The second-order valence-electron chi connectivity index (χ2n) is 5.69. The number of para-hydroxylation sites is 2. The number of benzene rings is 2. The fourth-order valence-electron chi connectivity index (χ4n) is 2.62. The van der Waals surface area contributed by atoms with Crippen LogP contribution in [0.1, 0.15) is 6.42 Å². The number of nitrogens with one attached hydrogen (secondary N) is 1. The molecule has 1 heterocycles. The molecule has 0 saturated heterocycles. The molecule has 1 amide bonds. The minimum absolute atomic E-state index is 0.122. The van der Waals surface area contributed by atoms with Gasteiger partial charge in [0.1, 0.15) is 11.6 Å². The van der Waals surface area contributed by atoms with E-state index in [1.807, 2.05) is 0 Å². The number of halogens is 1. The van der Waals surface area contributed by atoms with Gasteiger partial charge in [0.2, 0.25) is 10.0 Å². The van der Waals surface area contributed by atoms with E-state index in [2.05, 4.69) is 5.32 Å². The van der Waals surface area contributed by atoms with E-state index in [-0.39, 0.29) is 13.0 Å². The molecule has 0 bridgehead atoms. The molecule has 0 aliphatic carbocycles. The third kappa shape index (κ3) is 3.90. The summed E-state index contributed by atoms with van der Waals surface area (Å²) in [5.74, 6) is -0.497. The Labute approximate surface area is 145 Å². The topological polar surface area (TPSA) is 75.7 Å². The van der Waals surface area contributed by atoms with Crippen molar-refractivity contribution in [3.8, 4) is 5.75 Å². The molecule has 0 radical (unpaired) electrons. The number of sulfonamides is 1. The zero-order valence-corrected chi connectivity index (χ0v) is 14.3. The summed E-state index contributed by atoms with van der Waals surface area (Å²) in [4.78, 5) is 12.5. The Morgan fingerprint density at radius 3 is 2.56 bits per heavy atom. The quantitative estimate of drug-likeness (QED) is 0.907. The number of carbonyl (C=O) groups is 1. The fraction of sp³-hybridized carbons (Fsp3) is 0.235. The SMILES string of the molecule is CS(=O)(=O)N1CC[C@H](C(=O)Nc2ccc(F)cc2)Oc2ccccc21. The number of hydrogen-bond acceptors (Lipinski definition) is 4. The molecule has 25 heavy (non-hydrogen) atoms. The Morgan fingerprint density at radius 2 is 1.88 bits per heavy atom. The lowest BCUT2D eigenvalue weighted by molar-refractivity contribution is -0.122. The molecule has 0 spiro atoms. The fourth-order valence-corrected chi connectivity index (χ4v) is 3.56. The molecule has 0 aromatic heterocycles. The van der Waals surface area contributed by atoms with Crippen LogP contribution in [-0.4, -0.2) is 33.2 Å². The van der Waals surface area contributed by atoms with Gasteiger partial charge in [-0.25, -0.2) is 12.8 Å². The monoisotopic (exact) mass is 364 g/mol. The minimum Gasteiger partial charge on any atom is -0.478 e. The molecule has 6 nitrogen and oxygen atoms in total. The summed E-state index contributed by atoms with van der Waals surface area (Å²) in [5.41, 5.74) is 0.842. The molecule has 0 fully saturated rings. The first-order valence-corrected chi connectivity index (χ1v) is 9.49. The van der Waals surface area contributed by atoms with Crippen molar-refractivity contribution in [2.75, 3.05) is 22.4 Å². The van der Waals surface area contributed by atoms with Gasteiger partial charge in [0.15, 0.2) is 6.10 Å². The van der Waals surface area contributed by atoms with Crippen LogP contribution < -0.4 is 14.4 Å². The molecule has 0 unspecified atom stereocenters. The Kier molecular flexibility index (Phi) is 4.63. The highest BCUT2D eigenvalue weighted by molar-refractivity contribution is 7.92. The van der Waals surface area contributed by atoms with Crippen LogP contribution in [0.2, 0.25) is 0 Å². The van der Waals surface area contributed by atoms with Gasteiger partial charge in [0.25, 0.3) is 5.91 Å². The summed E-state index contributed by atoms with van der Waals surface area (Å²) in [6, 6.07) is 12.0. The Balaban J connectivity index is 1.83. The van der Waals surface area contributed by atoms with Gasteiger partial charge in [-0.3, -0.25) is 9.10 Å². The number of carbonyl (C=O) groups excluding carboxylic acids is 1. The number of fused-ring (bicyclic) bond motifs is 1. The molecule has 8 heteroatoms. The maximum absolute atomic E-state index is 13.0. The van der Waals surface area contributed by atoms with Crippen molar-refractivity contribution in [1.82, 2.24) is 0 Å². The number of amides is 1. The number of ether oxygens (including phenoxy) is 1. The molecular weight excluding hydrogens is 347 g/mol. The number of anilines is 2. The van der Waals surface area contributed by atoms with Gasteiger partial charge in [0.05, 0.1) is 11.9 Å². The first-order chi connectivity index (χ1) is 11.8. The standard InChI is InChI=1S/C17H17FN2O4S/c1-25(22,23)20-11-10-16(24-15-5-3-2-4-14(15)20)17(21)19-13-8-6-12(18)7-9-13/h2-9,16H,10-11H2,1H3,(H,19,21)/t16-/m1/s1. The molecule has 1 atom stereocenters. The molecule has 3 rings (SSSR count). The highest BCUT2D eigenvalue weighted by Crippen LogP contribution is 2.34. The minimum atomic E-state index is -3.50. The Hall–Kier alpha value is -2.61. The van der Waals surface area contributed by atoms with Crippen molar-refractivity contribution in [3.05, 3.63) is 54.3 Å². The van der Waals surface area contributed by atoms with Crippen LogP contribution in [0.25, 0.3) is 0 Å². The average Bonchev–Trinajstić information content (AvgIpc) is 2.76. The van der Waals surface area contributed by atoms with Crippen LogP contribution in [0, 0.1) is 5.82 Å². The van der Waals surface area contributed by atoms with Crippen LogP contribution in [0.4, 0.5) is 15.8 Å². The van der Waals surface area contributed by atoms with E-state index in [4.69, 9.17) is 4.74 Å². The summed E-state index contributed by atoms with van der Waals surface area (Å²) in [6.07, 6.45) is 0.440. The average molecular weight is 364 g/mol. The first kappa shape index (κ1) is 17.2. The van der Waals surface area contributed by atoms with Crippen molar-refractivity contribution < 1.29 is 22.3 Å². The highest BCUT2D eigenvalue weighted by Gasteiger charge is 2.31. The molecule has 2 aromatic rings. The molecule has 0 saturated carbocycles. The van der Waals surface area contributed by atoms with Crippen molar-refractivity contribution in [1.29, 1.82) is 0 Å². The zero-order chi connectivity index (χ0) is 18.0. The van der Waals surface area contributed by atoms with E-state index in [0.29, 0.717) is 17.1 Å². The van der Waals surface area contributed by atoms with E-state index in [1.165, 1.54) is 28.6 Å². The normalized spacial score (nSPS) is 17.2. The summed E-state index contributed by atoms with van der Waals surface area (Å²) in [5, 5.41) is 2.65. The predicted octanol–water partition coefficient (Wildman–Crippen LogP) is 2.38. The third-order valence-electron chi connectivity index (χ3n) is 3.80. The van der Waals surface area contributed by atoms with Gasteiger partial charge in [-0.15, -0.1) is 0 Å². The summed E-state index contributed by atoms with van der Waals surface area (Å²) in [6.45, 7) is 0.122. The number of rotatable bonds is 3. The maximum atomic E-state index is 13.0. The molecule has 1 aliphatic heterocycles. The first-order valence-electron chi connectivity index (χ1n) is 7.64. The third-order valence-corrected chi connectivity index (χ3v) is 4.98. The van der Waals surface area contributed by atoms with E-state index in [0.717, 1.165) is 6.26 Å². The van der Waals surface area contributed by atoms with Crippen molar-refractivity contribution in [2.24, 2.45) is 0 Å². The smallest absolute Gasteiger partial charge is 0.265 e. The van der Waals surface area contributed by atoms with E-state index >= 15 is 0 Å². The van der Waals surface area contributed by atoms with Crippen LogP contribution in [-0.2, 0) is 14.8 Å². The molecular formula is C17H17FN2O4S. The largest absolute Gasteiger partial charge is 0.478 e. The van der Waals surface area contributed by atoms with Gasteiger partial charge in [0, 0.05) is 18.7 Å². The summed E-state index contributed by atoms with van der Waals surface area (Å²) >= 11 is 0. The van der Waals surface area contributed by atoms with Gasteiger partial charge in [-0.2, -0.15) is 0 Å². The highest BCUT2D eigenvalue weighted by atomic mass is 32.2. The van der Waals surface area contributed by atoms with Gasteiger partial charge in [-0.05, 0) is 36.4 Å². The van der Waals surface area contributed by atoms with Gasteiger partial charge < -0.3 is 10.1 Å². The van der Waals surface area contributed by atoms with E-state index in [9.17, 15) is 17.6 Å². The second kappa shape index (κ2) is 6.72. The molecule has 1 N–H and O–H groups in total. The number of hydrogen-bond donors (Lipinski definition) is 1. The van der Waals surface area contributed by atoms with Crippen LogP contribution in [0.3, 0.4) is 0 Å². The number of nitrogens with zero attached hydrogens (tertiary/aromatic N) is 1. The Bertz CT molecular complexity index is 884. The second-order valence-corrected chi connectivity index (χ2v) is 7.60. The molecule has 2 aromatic carbocycles. The van der Waals surface area contributed by atoms with E-state index in [1.54, 1.807) is 24.3 Å². The Morgan fingerprint density at radius 1 is 1.20 bits per heavy atom. The summed E-state index contributed by atoms with van der Waals surface area (Å²) in [7, 11) is -3.50. The lowest BCUT2D eigenvalue weighted by Crippen LogP contribution is -2.35. The predicted molar refractivity (Wildman–Crippen MR) is 92.7 cm³/mol. The van der Waals surface area contributed by atoms with Crippen LogP contribution in [0.15, 0.2) is 48.5 Å². The molecule has 132 valence electrons. The van der Waals surface area contributed by atoms with Crippen LogP contribution >= 0.6 is 0 Å². The van der Waals surface area contributed by atoms with Crippen molar-refractivity contribution >= 4 is 27.3 Å². The van der Waals surface area contributed by atoms with Crippen molar-refractivity contribution in [3.63, 3.8) is 0 Å². The lowest BCUT2D eigenvalue weighted by Gasteiger charge is -2.20. The van der Waals surface area contributed by atoms with Crippen molar-refractivity contribution in [2.45, 2.75) is 12.5 Å². The van der Waals surface area contributed by atoms with Gasteiger partial charge >= 0.3 is 0 Å². The molecule has 1 aliphatic rings. The van der Waals surface area contributed by atoms with Gasteiger partial charge in [-0.1, -0.05) is 12.1 Å². The maximum Gasteiger partial charge on any atom is 0.265 e. The lowest BCUT2D eigenvalue weighted by atomic mass is 10.2. The van der Waals surface area contributed by atoms with Crippen LogP contribution in [0.5, 0.6) is 5.75 Å². The van der Waals surface area contributed by atoms with E-state index < -0.39 is 27.9 Å². The zero-order valence-electron chi connectivity index (χ0n) is 13.5.